The average molecular weight is 165 g/mol. The Labute approximate surface area is 71.3 Å². The zero-order valence-corrected chi connectivity index (χ0v) is 7.18. The molecule has 2 rings (SSSR count). The molecule has 0 amide bonds. The summed E-state index contributed by atoms with van der Waals surface area (Å²) in [6.07, 6.45) is 0. The van der Waals surface area contributed by atoms with E-state index in [1.54, 1.807) is 7.11 Å². The summed E-state index contributed by atoms with van der Waals surface area (Å²) in [6, 6.07) is 3.93. The highest BCUT2D eigenvalue weighted by Gasteiger charge is 2.17. The van der Waals surface area contributed by atoms with E-state index in [4.69, 9.17) is 9.47 Å². The molecular weight excluding hydrogens is 154 g/mol. The summed E-state index contributed by atoms with van der Waals surface area (Å²) >= 11 is 0. The van der Waals surface area contributed by atoms with Crippen LogP contribution in [0.1, 0.15) is 5.56 Å². The van der Waals surface area contributed by atoms with Crippen LogP contribution in [0, 0.1) is 6.92 Å². The van der Waals surface area contributed by atoms with E-state index in [2.05, 4.69) is 5.32 Å². The van der Waals surface area contributed by atoms with Gasteiger partial charge in [0.05, 0.1) is 12.8 Å². The van der Waals surface area contributed by atoms with Crippen molar-refractivity contribution in [2.75, 3.05) is 19.2 Å². The summed E-state index contributed by atoms with van der Waals surface area (Å²) in [5.41, 5.74) is 2.23. The van der Waals surface area contributed by atoms with Crippen LogP contribution in [0.15, 0.2) is 12.1 Å². The van der Waals surface area contributed by atoms with Crippen molar-refractivity contribution in [1.29, 1.82) is 0 Å². The summed E-state index contributed by atoms with van der Waals surface area (Å²) in [4.78, 5) is 0. The summed E-state index contributed by atoms with van der Waals surface area (Å²) in [5.74, 6) is 1.62. The fourth-order valence-electron chi connectivity index (χ4n) is 1.37. The Morgan fingerprint density at radius 1 is 1.50 bits per heavy atom. The SMILES string of the molecule is COc1ccc(C)c2c1OCN2. The molecule has 0 saturated heterocycles. The van der Waals surface area contributed by atoms with Crippen molar-refractivity contribution in [2.24, 2.45) is 0 Å². The van der Waals surface area contributed by atoms with Gasteiger partial charge in [0.25, 0.3) is 0 Å². The van der Waals surface area contributed by atoms with Crippen molar-refractivity contribution in [3.05, 3.63) is 17.7 Å². The monoisotopic (exact) mass is 165 g/mol. The molecule has 1 aromatic carbocycles. The van der Waals surface area contributed by atoms with E-state index in [0.717, 1.165) is 17.2 Å². The van der Waals surface area contributed by atoms with Crippen molar-refractivity contribution >= 4 is 5.69 Å². The van der Waals surface area contributed by atoms with Crippen LogP contribution in [-0.2, 0) is 0 Å². The van der Waals surface area contributed by atoms with Crippen LogP contribution < -0.4 is 14.8 Å². The second-order valence-electron chi connectivity index (χ2n) is 2.75. The van der Waals surface area contributed by atoms with Crippen LogP contribution in [0.2, 0.25) is 0 Å². The molecular formula is C9H11NO2. The minimum atomic E-state index is 0.538. The lowest BCUT2D eigenvalue weighted by Crippen LogP contribution is -1.97. The van der Waals surface area contributed by atoms with E-state index in [1.165, 1.54) is 5.56 Å². The molecule has 0 atom stereocenters. The first-order valence-corrected chi connectivity index (χ1v) is 3.87. The third-order valence-electron chi connectivity index (χ3n) is 2.02. The first kappa shape index (κ1) is 7.28. The highest BCUT2D eigenvalue weighted by molar-refractivity contribution is 5.69. The Bertz CT molecular complexity index is 310. The molecule has 1 N–H and O–H groups in total. The van der Waals surface area contributed by atoms with E-state index in [-0.39, 0.29) is 0 Å². The second kappa shape index (κ2) is 2.59. The fourth-order valence-corrected chi connectivity index (χ4v) is 1.37. The minimum Gasteiger partial charge on any atom is -0.493 e. The molecule has 0 saturated carbocycles. The van der Waals surface area contributed by atoms with E-state index >= 15 is 0 Å². The second-order valence-corrected chi connectivity index (χ2v) is 2.75. The number of ether oxygens (including phenoxy) is 2. The Hall–Kier alpha value is -1.38. The average Bonchev–Trinajstić information content (AvgIpc) is 2.54. The largest absolute Gasteiger partial charge is 0.493 e. The van der Waals surface area contributed by atoms with Crippen molar-refractivity contribution in [3.63, 3.8) is 0 Å². The predicted molar refractivity (Wildman–Crippen MR) is 46.8 cm³/mol. The molecule has 0 aromatic heterocycles. The Balaban J connectivity index is 2.57. The van der Waals surface area contributed by atoms with Crippen LogP contribution in [0.3, 0.4) is 0 Å². The molecule has 0 unspecified atom stereocenters. The molecule has 64 valence electrons. The third-order valence-corrected chi connectivity index (χ3v) is 2.02. The van der Waals surface area contributed by atoms with Gasteiger partial charge in [-0.1, -0.05) is 6.07 Å². The molecule has 3 heteroatoms. The number of anilines is 1. The molecule has 12 heavy (non-hydrogen) atoms. The molecule has 0 bridgehead atoms. The van der Waals surface area contributed by atoms with Crippen molar-refractivity contribution < 1.29 is 9.47 Å². The van der Waals surface area contributed by atoms with Crippen molar-refractivity contribution in [1.82, 2.24) is 0 Å². The minimum absolute atomic E-state index is 0.538. The topological polar surface area (TPSA) is 30.5 Å². The number of benzene rings is 1. The van der Waals surface area contributed by atoms with Gasteiger partial charge < -0.3 is 14.8 Å². The van der Waals surface area contributed by atoms with Gasteiger partial charge in [-0.2, -0.15) is 0 Å². The van der Waals surface area contributed by atoms with Crippen LogP contribution >= 0.6 is 0 Å². The summed E-state index contributed by atoms with van der Waals surface area (Å²) in [6.45, 7) is 2.58. The van der Waals surface area contributed by atoms with Gasteiger partial charge in [0.1, 0.15) is 0 Å². The maximum Gasteiger partial charge on any atom is 0.187 e. The van der Waals surface area contributed by atoms with Gasteiger partial charge in [0.2, 0.25) is 0 Å². The van der Waals surface area contributed by atoms with Crippen molar-refractivity contribution in [2.45, 2.75) is 6.92 Å². The number of methoxy groups -OCH3 is 1. The molecule has 1 aliphatic rings. The first-order valence-electron chi connectivity index (χ1n) is 3.87. The van der Waals surface area contributed by atoms with Crippen molar-refractivity contribution in [3.8, 4) is 11.5 Å². The standard InChI is InChI=1S/C9H11NO2/c1-6-3-4-7(11-2)9-8(6)10-5-12-9/h3-4,10H,5H2,1-2H3. The summed E-state index contributed by atoms with van der Waals surface area (Å²) in [5, 5.41) is 3.14. The first-order chi connectivity index (χ1) is 5.83. The lowest BCUT2D eigenvalue weighted by atomic mass is 10.2. The van der Waals surface area contributed by atoms with E-state index in [0.29, 0.717) is 6.73 Å². The molecule has 1 aliphatic heterocycles. The molecule has 3 nitrogen and oxygen atoms in total. The highest BCUT2D eigenvalue weighted by Crippen LogP contribution is 2.40. The van der Waals surface area contributed by atoms with Gasteiger partial charge in [-0.15, -0.1) is 0 Å². The van der Waals surface area contributed by atoms with Gasteiger partial charge in [0.15, 0.2) is 18.2 Å². The molecule has 0 radical (unpaired) electrons. The number of hydrogen-bond acceptors (Lipinski definition) is 3. The number of nitrogens with one attached hydrogen (secondary N) is 1. The van der Waals surface area contributed by atoms with Crippen LogP contribution in [0.4, 0.5) is 5.69 Å². The van der Waals surface area contributed by atoms with Gasteiger partial charge in [-0.25, -0.2) is 0 Å². The van der Waals surface area contributed by atoms with Crippen LogP contribution in [0.5, 0.6) is 11.5 Å². The lowest BCUT2D eigenvalue weighted by molar-refractivity contribution is 0.335. The Morgan fingerprint density at radius 2 is 2.33 bits per heavy atom. The number of aryl methyl sites for hydroxylation is 1. The van der Waals surface area contributed by atoms with Gasteiger partial charge >= 0.3 is 0 Å². The Kier molecular flexibility index (Phi) is 1.57. The lowest BCUT2D eigenvalue weighted by Gasteiger charge is -2.06. The maximum atomic E-state index is 5.37. The predicted octanol–water partition coefficient (Wildman–Crippen LogP) is 1.77. The summed E-state index contributed by atoms with van der Waals surface area (Å²) < 4.78 is 10.5. The quantitative estimate of drug-likeness (QED) is 0.687. The number of hydrogen-bond donors (Lipinski definition) is 1. The smallest absolute Gasteiger partial charge is 0.187 e. The summed E-state index contributed by atoms with van der Waals surface area (Å²) in [7, 11) is 1.65. The van der Waals surface area contributed by atoms with E-state index in [9.17, 15) is 0 Å². The van der Waals surface area contributed by atoms with Crippen LogP contribution in [-0.4, -0.2) is 13.8 Å². The van der Waals surface area contributed by atoms with Gasteiger partial charge in [-0.05, 0) is 18.6 Å². The van der Waals surface area contributed by atoms with E-state index in [1.807, 2.05) is 19.1 Å². The zero-order valence-electron chi connectivity index (χ0n) is 7.18. The zero-order chi connectivity index (χ0) is 8.55. The third kappa shape index (κ3) is 0.897. The fraction of sp³-hybridized carbons (Fsp3) is 0.333. The Morgan fingerprint density at radius 3 is 3.08 bits per heavy atom. The molecule has 0 fully saturated rings. The van der Waals surface area contributed by atoms with Gasteiger partial charge in [-0.3, -0.25) is 0 Å². The molecule has 1 aromatic rings. The van der Waals surface area contributed by atoms with E-state index < -0.39 is 0 Å². The number of rotatable bonds is 1. The highest BCUT2D eigenvalue weighted by atomic mass is 16.5. The van der Waals surface area contributed by atoms with Crippen LogP contribution in [0.25, 0.3) is 0 Å². The molecule has 0 spiro atoms. The normalized spacial score (nSPS) is 13.2. The number of fused-ring (bicyclic) bond motifs is 1. The van der Waals surface area contributed by atoms with Gasteiger partial charge in [0, 0.05) is 0 Å². The maximum absolute atomic E-state index is 5.37. The molecule has 0 aliphatic carbocycles. The molecule has 1 heterocycles.